The molecule has 0 unspecified atom stereocenters. The van der Waals surface area contributed by atoms with Crippen molar-refractivity contribution in [2.75, 3.05) is 5.84 Å². The fraction of sp³-hybridized carbons (Fsp3) is 0.786. The number of nitrogens with one attached hydrogen (secondary N) is 1. The van der Waals surface area contributed by atoms with Gasteiger partial charge < -0.3 is 11.2 Å². The number of hydrogen-bond donors (Lipinski definition) is 2. The van der Waals surface area contributed by atoms with Gasteiger partial charge in [-0.2, -0.15) is 0 Å². The molecule has 4 atom stereocenters. The second-order valence-corrected chi connectivity index (χ2v) is 7.35. The summed E-state index contributed by atoms with van der Waals surface area (Å²) in [5.74, 6) is 7.70. The number of aryl methyl sites for hydroxylation is 1. The van der Waals surface area contributed by atoms with E-state index in [2.05, 4.69) is 29.4 Å². The van der Waals surface area contributed by atoms with Crippen molar-refractivity contribution in [2.45, 2.75) is 63.4 Å². The number of amides is 1. The lowest BCUT2D eigenvalue weighted by Gasteiger charge is -2.35. The van der Waals surface area contributed by atoms with Crippen LogP contribution < -0.4 is 11.2 Å². The first-order chi connectivity index (χ1) is 9.90. The van der Waals surface area contributed by atoms with Gasteiger partial charge in [0.1, 0.15) is 5.82 Å². The third-order valence-electron chi connectivity index (χ3n) is 4.52. The predicted octanol–water partition coefficient (Wildman–Crippen LogP) is 1.72. The molecule has 1 heterocycles. The summed E-state index contributed by atoms with van der Waals surface area (Å²) in [7, 11) is 0. The molecule has 0 aliphatic heterocycles. The molecule has 2 rings (SSSR count). The van der Waals surface area contributed by atoms with Gasteiger partial charge in [0, 0.05) is 6.04 Å². The first-order valence-corrected chi connectivity index (χ1v) is 8.42. The van der Waals surface area contributed by atoms with Gasteiger partial charge in [-0.05, 0) is 32.1 Å². The van der Waals surface area contributed by atoms with E-state index in [1.165, 1.54) is 29.3 Å². The maximum Gasteiger partial charge on any atom is 0.233 e. The molecule has 118 valence electrons. The average molecular weight is 311 g/mol. The smallest absolute Gasteiger partial charge is 0.233 e. The molecular weight excluding hydrogens is 286 g/mol. The van der Waals surface area contributed by atoms with E-state index in [1.54, 1.807) is 6.92 Å². The summed E-state index contributed by atoms with van der Waals surface area (Å²) in [4.78, 5) is 12.4. The molecule has 1 aliphatic carbocycles. The average Bonchev–Trinajstić information content (AvgIpc) is 2.75. The fourth-order valence-electron chi connectivity index (χ4n) is 2.73. The zero-order valence-electron chi connectivity index (χ0n) is 13.2. The SMILES string of the molecule is Cc1nnc(S[C@H](C)C(=O)N[C@H]2CCC[C@H](C)[C@@H]2C)n1N. The highest BCUT2D eigenvalue weighted by Crippen LogP contribution is 2.30. The van der Waals surface area contributed by atoms with Crippen LogP contribution in [-0.4, -0.2) is 32.1 Å². The van der Waals surface area contributed by atoms with E-state index in [4.69, 9.17) is 5.84 Å². The van der Waals surface area contributed by atoms with Crippen LogP contribution in [0.5, 0.6) is 0 Å². The van der Waals surface area contributed by atoms with Crippen LogP contribution in [0.4, 0.5) is 0 Å². The summed E-state index contributed by atoms with van der Waals surface area (Å²) >= 11 is 1.34. The number of rotatable bonds is 4. The number of aromatic nitrogens is 3. The second-order valence-electron chi connectivity index (χ2n) is 6.04. The van der Waals surface area contributed by atoms with Crippen molar-refractivity contribution in [1.29, 1.82) is 0 Å². The number of nitrogens with two attached hydrogens (primary N) is 1. The molecule has 3 N–H and O–H groups in total. The van der Waals surface area contributed by atoms with Gasteiger partial charge in [0.25, 0.3) is 0 Å². The number of hydrogen-bond acceptors (Lipinski definition) is 5. The number of thioether (sulfide) groups is 1. The highest BCUT2D eigenvalue weighted by molar-refractivity contribution is 8.00. The molecule has 1 saturated carbocycles. The van der Waals surface area contributed by atoms with Crippen LogP contribution in [0.2, 0.25) is 0 Å². The van der Waals surface area contributed by atoms with Gasteiger partial charge in [-0.15, -0.1) is 10.2 Å². The largest absolute Gasteiger partial charge is 0.352 e. The lowest BCUT2D eigenvalue weighted by atomic mass is 9.78. The molecular formula is C14H25N5OS. The van der Waals surface area contributed by atoms with E-state index in [-0.39, 0.29) is 17.2 Å². The molecule has 1 aliphatic rings. The first-order valence-electron chi connectivity index (χ1n) is 7.54. The summed E-state index contributed by atoms with van der Waals surface area (Å²) < 4.78 is 1.42. The molecule has 0 bridgehead atoms. The molecule has 0 radical (unpaired) electrons. The van der Waals surface area contributed by atoms with Crippen molar-refractivity contribution in [3.05, 3.63) is 5.82 Å². The Kier molecular flexibility index (Phi) is 5.13. The van der Waals surface area contributed by atoms with Crippen molar-refractivity contribution >= 4 is 17.7 Å². The first kappa shape index (κ1) is 16.1. The molecule has 6 nitrogen and oxygen atoms in total. The maximum atomic E-state index is 12.4. The Balaban J connectivity index is 1.92. The van der Waals surface area contributed by atoms with Gasteiger partial charge in [-0.3, -0.25) is 4.79 Å². The van der Waals surface area contributed by atoms with E-state index in [0.717, 1.165) is 6.42 Å². The topological polar surface area (TPSA) is 85.8 Å². The molecule has 1 amide bonds. The van der Waals surface area contributed by atoms with E-state index in [9.17, 15) is 4.79 Å². The molecule has 0 saturated heterocycles. The monoisotopic (exact) mass is 311 g/mol. The molecule has 7 heteroatoms. The highest BCUT2D eigenvalue weighted by Gasteiger charge is 2.29. The summed E-state index contributed by atoms with van der Waals surface area (Å²) in [6.45, 7) is 8.15. The highest BCUT2D eigenvalue weighted by atomic mass is 32.2. The number of carbonyl (C=O) groups excluding carboxylic acids is 1. The molecule has 0 aromatic carbocycles. The van der Waals surface area contributed by atoms with Gasteiger partial charge in [0.2, 0.25) is 11.1 Å². The van der Waals surface area contributed by atoms with Crippen LogP contribution in [0, 0.1) is 18.8 Å². The second kappa shape index (κ2) is 6.68. The quantitative estimate of drug-likeness (QED) is 0.653. The Bertz CT molecular complexity index is 504. The Morgan fingerprint density at radius 2 is 2.14 bits per heavy atom. The van der Waals surface area contributed by atoms with Crippen molar-refractivity contribution in [3.8, 4) is 0 Å². The molecule has 1 aromatic rings. The zero-order chi connectivity index (χ0) is 15.6. The molecule has 1 fully saturated rings. The lowest BCUT2D eigenvalue weighted by Crippen LogP contribution is -2.46. The fourth-order valence-corrected chi connectivity index (χ4v) is 3.55. The zero-order valence-corrected chi connectivity index (χ0v) is 14.0. The predicted molar refractivity (Wildman–Crippen MR) is 84.3 cm³/mol. The van der Waals surface area contributed by atoms with Crippen molar-refractivity contribution < 1.29 is 4.79 Å². The van der Waals surface area contributed by atoms with Crippen molar-refractivity contribution in [2.24, 2.45) is 11.8 Å². The Morgan fingerprint density at radius 3 is 2.76 bits per heavy atom. The number of nitrogens with zero attached hydrogens (tertiary/aromatic N) is 3. The third-order valence-corrected chi connectivity index (χ3v) is 5.58. The minimum atomic E-state index is -0.236. The third kappa shape index (κ3) is 3.70. The van der Waals surface area contributed by atoms with Crippen LogP contribution in [0.1, 0.15) is 45.9 Å². The van der Waals surface area contributed by atoms with Crippen molar-refractivity contribution in [3.63, 3.8) is 0 Å². The summed E-state index contributed by atoms with van der Waals surface area (Å²) in [5.41, 5.74) is 0. The van der Waals surface area contributed by atoms with Crippen LogP contribution in [0.25, 0.3) is 0 Å². The minimum absolute atomic E-state index is 0.0478. The molecule has 21 heavy (non-hydrogen) atoms. The molecule has 1 aromatic heterocycles. The van der Waals surface area contributed by atoms with Gasteiger partial charge >= 0.3 is 0 Å². The Morgan fingerprint density at radius 1 is 1.43 bits per heavy atom. The van der Waals surface area contributed by atoms with E-state index in [0.29, 0.717) is 22.8 Å². The summed E-state index contributed by atoms with van der Waals surface area (Å²) in [5, 5.41) is 11.4. The van der Waals surface area contributed by atoms with Crippen LogP contribution in [0.3, 0.4) is 0 Å². The van der Waals surface area contributed by atoms with Crippen molar-refractivity contribution in [1.82, 2.24) is 20.2 Å². The lowest BCUT2D eigenvalue weighted by molar-refractivity contribution is -0.121. The molecule has 0 spiro atoms. The Labute approximate surface area is 130 Å². The number of nitrogen functional groups attached to an aromatic ring is 1. The van der Waals surface area contributed by atoms with Crippen LogP contribution >= 0.6 is 11.8 Å². The van der Waals surface area contributed by atoms with Gasteiger partial charge in [-0.25, -0.2) is 4.68 Å². The van der Waals surface area contributed by atoms with E-state index < -0.39 is 0 Å². The van der Waals surface area contributed by atoms with Gasteiger partial charge in [0.15, 0.2) is 0 Å². The van der Waals surface area contributed by atoms with Crippen LogP contribution in [-0.2, 0) is 4.79 Å². The normalized spacial score (nSPS) is 27.3. The summed E-state index contributed by atoms with van der Waals surface area (Å²) in [6, 6.07) is 0.279. The van der Waals surface area contributed by atoms with E-state index >= 15 is 0 Å². The van der Waals surface area contributed by atoms with Gasteiger partial charge in [-0.1, -0.05) is 38.5 Å². The minimum Gasteiger partial charge on any atom is -0.352 e. The Hall–Kier alpha value is -1.24. The number of carbonyl (C=O) groups is 1. The van der Waals surface area contributed by atoms with Crippen LogP contribution in [0.15, 0.2) is 5.16 Å². The summed E-state index contributed by atoms with van der Waals surface area (Å²) in [6.07, 6.45) is 3.52. The van der Waals surface area contributed by atoms with E-state index in [1.807, 2.05) is 6.92 Å². The van der Waals surface area contributed by atoms with Gasteiger partial charge in [0.05, 0.1) is 5.25 Å². The maximum absolute atomic E-state index is 12.4. The standard InChI is InChI=1S/C14H25N5OS/c1-8-6-5-7-12(9(8)2)16-13(20)10(3)21-14-18-17-11(4)19(14)15/h8-10,12H,5-7,15H2,1-4H3,(H,16,20)/t8-,9-,10+,12-/m0/s1.